The van der Waals surface area contributed by atoms with Crippen molar-refractivity contribution in [1.82, 2.24) is 15.2 Å². The van der Waals surface area contributed by atoms with E-state index in [9.17, 15) is 13.0 Å². The van der Waals surface area contributed by atoms with Crippen LogP contribution in [0.2, 0.25) is 0 Å². The molecule has 0 fully saturated rings. The summed E-state index contributed by atoms with van der Waals surface area (Å²) in [4.78, 5) is 3.84. The Bertz CT molecular complexity index is 595. The van der Waals surface area contributed by atoms with E-state index in [0.717, 1.165) is 0 Å². The second-order valence-electron chi connectivity index (χ2n) is 3.16. The fourth-order valence-electron chi connectivity index (χ4n) is 1.18. The van der Waals surface area contributed by atoms with E-state index in [1.807, 2.05) is 0 Å². The van der Waals surface area contributed by atoms with Gasteiger partial charge in [-0.2, -0.15) is 4.98 Å². The van der Waals surface area contributed by atoms with Gasteiger partial charge >= 0.3 is 0 Å². The molecule has 0 aromatic carbocycles. The van der Waals surface area contributed by atoms with Gasteiger partial charge < -0.3 is 9.08 Å². The predicted molar refractivity (Wildman–Crippen MR) is 53.4 cm³/mol. The molecule has 10 heteroatoms. The Hall–Kier alpha value is -1.91. The highest BCUT2D eigenvalue weighted by molar-refractivity contribution is 7.80. The van der Waals surface area contributed by atoms with Crippen molar-refractivity contribution in [2.75, 3.05) is 6.61 Å². The zero-order valence-electron chi connectivity index (χ0n) is 8.96. The van der Waals surface area contributed by atoms with E-state index in [1.54, 1.807) is 12.3 Å². The molecule has 0 unspecified atom stereocenters. The molecule has 18 heavy (non-hydrogen) atoms. The molecule has 0 aliphatic rings. The van der Waals surface area contributed by atoms with Crippen LogP contribution in [0.15, 0.2) is 29.3 Å². The van der Waals surface area contributed by atoms with Crippen molar-refractivity contribution in [3.8, 4) is 11.5 Å². The van der Waals surface area contributed by atoms with Gasteiger partial charge in [-0.05, 0) is 5.10 Å². The largest absolute Gasteiger partial charge is 0.726 e. The fraction of sp³-hybridized carbons (Fsp3) is 0.250. The zero-order valence-corrected chi connectivity index (χ0v) is 9.78. The summed E-state index contributed by atoms with van der Waals surface area (Å²) in [6.45, 7) is -0.144. The topological polar surface area (TPSA) is 122 Å². The standard InChI is InChI=1S/C8H8N4O5S/c13-18(14,15)16-4-3-12-2-1-7(5-10-12)8-9-6-11-17-8/h1-2,5-6H,3-4H2. The van der Waals surface area contributed by atoms with Crippen LogP contribution in [-0.2, 0) is 21.1 Å². The van der Waals surface area contributed by atoms with E-state index in [-0.39, 0.29) is 13.2 Å². The lowest BCUT2D eigenvalue weighted by Crippen LogP contribution is -2.39. The molecule has 0 radical (unpaired) electrons. The summed E-state index contributed by atoms with van der Waals surface area (Å²) in [5, 5.41) is 7.42. The van der Waals surface area contributed by atoms with Gasteiger partial charge in [0.2, 0.25) is 10.4 Å². The number of aromatic nitrogens is 4. The van der Waals surface area contributed by atoms with Crippen molar-refractivity contribution in [1.29, 1.82) is 0 Å². The van der Waals surface area contributed by atoms with Crippen molar-refractivity contribution in [2.45, 2.75) is 6.54 Å². The van der Waals surface area contributed by atoms with Crippen LogP contribution in [0, 0.1) is 0 Å². The highest BCUT2D eigenvalue weighted by Gasteiger charge is 2.08. The van der Waals surface area contributed by atoms with Gasteiger partial charge in [0, 0.05) is 6.07 Å². The third-order valence-corrected chi connectivity index (χ3v) is 2.38. The Morgan fingerprint density at radius 2 is 2.33 bits per heavy atom. The molecule has 2 heterocycles. The number of nitrogens with zero attached hydrogens (tertiary/aromatic N) is 4. The molecule has 2 aromatic rings. The average Bonchev–Trinajstić information content (AvgIpc) is 2.82. The predicted octanol–water partition coefficient (Wildman–Crippen LogP) is -1.10. The van der Waals surface area contributed by atoms with Crippen LogP contribution in [0.4, 0.5) is 0 Å². The molecule has 0 bridgehead atoms. The first-order valence-corrected chi connectivity index (χ1v) is 6.11. The Balaban J connectivity index is 1.96. The molecule has 0 saturated carbocycles. The summed E-state index contributed by atoms with van der Waals surface area (Å²) in [7, 11) is -4.66. The monoisotopic (exact) mass is 272 g/mol. The van der Waals surface area contributed by atoms with Crippen LogP contribution in [0.25, 0.3) is 11.5 Å². The Labute approximate surface area is 102 Å². The van der Waals surface area contributed by atoms with Crippen LogP contribution < -0.4 is 4.68 Å². The van der Waals surface area contributed by atoms with Crippen LogP contribution in [0.5, 0.6) is 0 Å². The van der Waals surface area contributed by atoms with Crippen LogP contribution in [-0.4, -0.2) is 34.8 Å². The lowest BCUT2D eigenvalue weighted by molar-refractivity contribution is -0.754. The van der Waals surface area contributed by atoms with Crippen molar-refractivity contribution < 1.29 is 26.4 Å². The van der Waals surface area contributed by atoms with E-state index < -0.39 is 10.4 Å². The van der Waals surface area contributed by atoms with Gasteiger partial charge in [-0.3, -0.25) is 4.18 Å². The molecular formula is C8H8N4O5S. The summed E-state index contributed by atoms with van der Waals surface area (Å²) < 4.78 is 40.9. The van der Waals surface area contributed by atoms with Gasteiger partial charge in [-0.15, -0.1) is 0 Å². The summed E-state index contributed by atoms with van der Waals surface area (Å²) in [5.74, 6) is 0.327. The molecule has 0 aliphatic carbocycles. The lowest BCUT2D eigenvalue weighted by atomic mass is 10.3. The maximum atomic E-state index is 10.2. The van der Waals surface area contributed by atoms with Crippen molar-refractivity contribution in [3.05, 3.63) is 24.8 Å². The van der Waals surface area contributed by atoms with Crippen molar-refractivity contribution in [2.24, 2.45) is 0 Å². The summed E-state index contributed by atoms with van der Waals surface area (Å²) >= 11 is 0. The molecule has 0 aliphatic heterocycles. The summed E-state index contributed by atoms with van der Waals surface area (Å²) in [6, 6.07) is 1.66. The molecule has 9 nitrogen and oxygen atoms in total. The first-order valence-electron chi connectivity index (χ1n) is 4.78. The molecule has 2 aromatic heterocycles. The highest BCUT2D eigenvalue weighted by Crippen LogP contribution is 2.11. The SMILES string of the molecule is O=S(=O)([O-])OCC[n+]1ccc(-c2ncno2)cn1. The molecule has 0 spiro atoms. The third kappa shape index (κ3) is 3.55. The van der Waals surface area contributed by atoms with E-state index in [0.29, 0.717) is 11.5 Å². The normalized spacial score (nSPS) is 11.6. The quantitative estimate of drug-likeness (QED) is 0.381. The van der Waals surface area contributed by atoms with Gasteiger partial charge in [-0.1, -0.05) is 9.84 Å². The molecule has 0 N–H and O–H groups in total. The van der Waals surface area contributed by atoms with E-state index in [2.05, 4.69) is 19.4 Å². The second-order valence-corrected chi connectivity index (χ2v) is 4.21. The molecule has 0 amide bonds. The fourth-order valence-corrected chi connectivity index (χ4v) is 1.45. The molecule has 0 saturated heterocycles. The summed E-state index contributed by atoms with van der Waals surface area (Å²) in [6.07, 6.45) is 4.31. The minimum atomic E-state index is -4.66. The van der Waals surface area contributed by atoms with Crippen LogP contribution in [0.3, 0.4) is 0 Å². The number of hydrogen-bond acceptors (Lipinski definition) is 8. The smallest absolute Gasteiger partial charge is 0.259 e. The van der Waals surface area contributed by atoms with Crippen LogP contribution in [0.1, 0.15) is 0 Å². The van der Waals surface area contributed by atoms with E-state index >= 15 is 0 Å². The lowest BCUT2D eigenvalue weighted by Gasteiger charge is -2.04. The first-order chi connectivity index (χ1) is 8.54. The van der Waals surface area contributed by atoms with Crippen molar-refractivity contribution >= 4 is 10.4 Å². The minimum Gasteiger partial charge on any atom is -0.726 e. The van der Waals surface area contributed by atoms with E-state index in [1.165, 1.54) is 17.2 Å². The first kappa shape index (κ1) is 12.5. The summed E-state index contributed by atoms with van der Waals surface area (Å²) in [5.41, 5.74) is 0.626. The molecule has 2 rings (SSSR count). The molecule has 96 valence electrons. The van der Waals surface area contributed by atoms with Gasteiger partial charge in [0.25, 0.3) is 5.89 Å². The average molecular weight is 272 g/mol. The van der Waals surface area contributed by atoms with E-state index in [4.69, 9.17) is 4.52 Å². The van der Waals surface area contributed by atoms with Gasteiger partial charge in [0.1, 0.15) is 12.8 Å². The minimum absolute atomic E-state index is 0.131. The zero-order chi connectivity index (χ0) is 13.0. The van der Waals surface area contributed by atoms with Crippen LogP contribution >= 0.6 is 0 Å². The third-order valence-electron chi connectivity index (χ3n) is 1.93. The second kappa shape index (κ2) is 5.16. The molecular weight excluding hydrogens is 264 g/mol. The highest BCUT2D eigenvalue weighted by atomic mass is 32.3. The maximum absolute atomic E-state index is 10.2. The Kier molecular flexibility index (Phi) is 3.60. The number of hydrogen-bond donors (Lipinski definition) is 0. The number of rotatable bonds is 5. The maximum Gasteiger partial charge on any atom is 0.259 e. The molecule has 0 atom stereocenters. The van der Waals surface area contributed by atoms with Gasteiger partial charge in [-0.25, -0.2) is 8.42 Å². The van der Waals surface area contributed by atoms with Crippen molar-refractivity contribution in [3.63, 3.8) is 0 Å². The Morgan fingerprint density at radius 3 is 2.89 bits per heavy atom. The van der Waals surface area contributed by atoms with Gasteiger partial charge in [0.05, 0.1) is 5.56 Å². The Morgan fingerprint density at radius 1 is 1.50 bits per heavy atom. The van der Waals surface area contributed by atoms with Gasteiger partial charge in [0.15, 0.2) is 19.1 Å².